The van der Waals surface area contributed by atoms with Gasteiger partial charge in [0.2, 0.25) is 0 Å². The summed E-state index contributed by atoms with van der Waals surface area (Å²) in [6, 6.07) is 12.1. The third-order valence-corrected chi connectivity index (χ3v) is 3.97. The summed E-state index contributed by atoms with van der Waals surface area (Å²) in [6.45, 7) is 2.84. The number of benzene rings is 1. The van der Waals surface area contributed by atoms with Crippen LogP contribution in [0, 0.1) is 0 Å². The van der Waals surface area contributed by atoms with Crippen molar-refractivity contribution >= 4 is 22.9 Å². The highest BCUT2D eigenvalue weighted by Gasteiger charge is 2.12. The molecule has 2 rings (SSSR count). The van der Waals surface area contributed by atoms with E-state index in [1.165, 1.54) is 4.88 Å². The molecule has 0 spiro atoms. The van der Waals surface area contributed by atoms with E-state index in [1.54, 1.807) is 11.3 Å². The monoisotopic (exact) mass is 266 g/mol. The third-order valence-electron chi connectivity index (χ3n) is 2.42. The second kappa shape index (κ2) is 6.08. The van der Waals surface area contributed by atoms with Crippen LogP contribution in [0.25, 0.3) is 0 Å². The summed E-state index contributed by atoms with van der Waals surface area (Å²) in [5, 5.41) is 1.96. The molecule has 1 nitrogen and oxygen atoms in total. The van der Waals surface area contributed by atoms with E-state index in [9.17, 15) is 0 Å². The Morgan fingerprint density at radius 1 is 1.29 bits per heavy atom. The van der Waals surface area contributed by atoms with E-state index in [0.717, 1.165) is 24.3 Å². The van der Waals surface area contributed by atoms with Gasteiger partial charge in [0, 0.05) is 4.88 Å². The Morgan fingerprint density at radius 3 is 2.88 bits per heavy atom. The second-order valence-corrected chi connectivity index (χ2v) is 5.21. The fourth-order valence-corrected chi connectivity index (χ4v) is 2.67. The summed E-state index contributed by atoms with van der Waals surface area (Å²) < 4.78 is 5.61. The van der Waals surface area contributed by atoms with Crippen LogP contribution in [0.5, 0.6) is 5.75 Å². The minimum atomic E-state index is -0.0832. The smallest absolute Gasteiger partial charge is 0.119 e. The predicted molar refractivity (Wildman–Crippen MR) is 74.2 cm³/mol. The van der Waals surface area contributed by atoms with Crippen molar-refractivity contribution < 1.29 is 4.74 Å². The number of halogens is 1. The van der Waals surface area contributed by atoms with E-state index in [2.05, 4.69) is 13.0 Å². The molecule has 0 N–H and O–H groups in total. The molecule has 0 aliphatic carbocycles. The summed E-state index contributed by atoms with van der Waals surface area (Å²) in [4.78, 5) is 1.17. The molecular formula is C14H15ClOS. The van der Waals surface area contributed by atoms with Crippen LogP contribution in [0.4, 0.5) is 0 Å². The topological polar surface area (TPSA) is 9.23 Å². The normalized spacial score (nSPS) is 12.4. The molecule has 0 aliphatic rings. The highest BCUT2D eigenvalue weighted by atomic mass is 35.5. The molecule has 1 aromatic heterocycles. The van der Waals surface area contributed by atoms with Crippen molar-refractivity contribution in [2.45, 2.75) is 18.7 Å². The summed E-state index contributed by atoms with van der Waals surface area (Å²) >= 11 is 8.11. The lowest BCUT2D eigenvalue weighted by atomic mass is 10.1. The Kier molecular flexibility index (Phi) is 4.46. The Morgan fingerprint density at radius 2 is 2.18 bits per heavy atom. The van der Waals surface area contributed by atoms with Crippen LogP contribution in [0.1, 0.15) is 29.2 Å². The van der Waals surface area contributed by atoms with Crippen LogP contribution >= 0.6 is 22.9 Å². The maximum Gasteiger partial charge on any atom is 0.119 e. The number of alkyl halides is 1. The zero-order valence-corrected chi connectivity index (χ0v) is 11.3. The summed E-state index contributed by atoms with van der Waals surface area (Å²) in [6.07, 6.45) is 1.01. The van der Waals surface area contributed by atoms with Crippen LogP contribution in [0.3, 0.4) is 0 Å². The van der Waals surface area contributed by atoms with E-state index >= 15 is 0 Å². The second-order valence-electron chi connectivity index (χ2n) is 3.80. The Bertz CT molecular complexity index is 453. The fourth-order valence-electron chi connectivity index (χ4n) is 1.58. The van der Waals surface area contributed by atoms with Crippen molar-refractivity contribution in [3.63, 3.8) is 0 Å². The van der Waals surface area contributed by atoms with Crippen molar-refractivity contribution in [3.05, 3.63) is 52.2 Å². The highest BCUT2D eigenvalue weighted by molar-refractivity contribution is 7.10. The molecule has 0 bridgehead atoms. The van der Waals surface area contributed by atoms with Gasteiger partial charge in [-0.1, -0.05) is 25.1 Å². The maximum atomic E-state index is 6.43. The molecule has 0 radical (unpaired) electrons. The van der Waals surface area contributed by atoms with Crippen molar-refractivity contribution in [2.75, 3.05) is 6.61 Å². The highest BCUT2D eigenvalue weighted by Crippen LogP contribution is 2.33. The van der Waals surface area contributed by atoms with Gasteiger partial charge in [-0.2, -0.15) is 0 Å². The van der Waals surface area contributed by atoms with Crippen LogP contribution in [-0.2, 0) is 0 Å². The minimum absolute atomic E-state index is 0.0832. The van der Waals surface area contributed by atoms with Gasteiger partial charge in [0.05, 0.1) is 12.0 Å². The van der Waals surface area contributed by atoms with Crippen molar-refractivity contribution in [1.29, 1.82) is 0 Å². The van der Waals surface area contributed by atoms with E-state index in [4.69, 9.17) is 16.3 Å². The molecule has 0 fully saturated rings. The molecule has 1 unspecified atom stereocenters. The first-order valence-corrected chi connectivity index (χ1v) is 7.03. The van der Waals surface area contributed by atoms with E-state index in [0.29, 0.717) is 0 Å². The molecule has 90 valence electrons. The first kappa shape index (κ1) is 12.5. The molecular weight excluding hydrogens is 252 g/mol. The zero-order valence-electron chi connectivity index (χ0n) is 9.73. The van der Waals surface area contributed by atoms with Gasteiger partial charge in [-0.3, -0.25) is 0 Å². The molecule has 1 atom stereocenters. The van der Waals surface area contributed by atoms with Gasteiger partial charge in [0.1, 0.15) is 5.75 Å². The predicted octanol–water partition coefficient (Wildman–Crippen LogP) is 4.87. The molecule has 0 amide bonds. The molecule has 3 heteroatoms. The fraction of sp³-hybridized carbons (Fsp3) is 0.286. The van der Waals surface area contributed by atoms with Gasteiger partial charge < -0.3 is 4.74 Å². The minimum Gasteiger partial charge on any atom is -0.494 e. The molecule has 0 aliphatic heterocycles. The van der Waals surface area contributed by atoms with Crippen LogP contribution in [0.2, 0.25) is 0 Å². The van der Waals surface area contributed by atoms with Gasteiger partial charge in [-0.05, 0) is 35.6 Å². The number of thiophene rings is 1. The lowest BCUT2D eigenvalue weighted by Gasteiger charge is -2.10. The number of hydrogen-bond acceptors (Lipinski definition) is 2. The van der Waals surface area contributed by atoms with Gasteiger partial charge in [0.15, 0.2) is 0 Å². The third kappa shape index (κ3) is 3.24. The Labute approximate surface area is 111 Å². The molecule has 0 saturated carbocycles. The zero-order chi connectivity index (χ0) is 12.1. The number of hydrogen-bond donors (Lipinski definition) is 0. The maximum absolute atomic E-state index is 6.43. The van der Waals surface area contributed by atoms with Crippen LogP contribution < -0.4 is 4.74 Å². The molecule has 1 heterocycles. The van der Waals surface area contributed by atoms with Crippen LogP contribution in [-0.4, -0.2) is 6.61 Å². The summed E-state index contributed by atoms with van der Waals surface area (Å²) in [7, 11) is 0. The van der Waals surface area contributed by atoms with Gasteiger partial charge >= 0.3 is 0 Å². The van der Waals surface area contributed by atoms with Gasteiger partial charge in [-0.15, -0.1) is 22.9 Å². The SMILES string of the molecule is CCCOc1cccc(C(Cl)c2cccs2)c1. The molecule has 17 heavy (non-hydrogen) atoms. The Hall–Kier alpha value is -0.990. The van der Waals surface area contributed by atoms with Gasteiger partial charge in [0.25, 0.3) is 0 Å². The first-order valence-electron chi connectivity index (χ1n) is 5.71. The lowest BCUT2D eigenvalue weighted by Crippen LogP contribution is -1.96. The molecule has 2 aromatic rings. The van der Waals surface area contributed by atoms with E-state index < -0.39 is 0 Å². The quantitative estimate of drug-likeness (QED) is 0.702. The van der Waals surface area contributed by atoms with E-state index in [1.807, 2.05) is 35.7 Å². The Balaban J connectivity index is 2.15. The van der Waals surface area contributed by atoms with Crippen molar-refractivity contribution in [1.82, 2.24) is 0 Å². The summed E-state index contributed by atoms with van der Waals surface area (Å²) in [5.41, 5.74) is 1.09. The van der Waals surface area contributed by atoms with E-state index in [-0.39, 0.29) is 5.38 Å². The first-order chi connectivity index (χ1) is 8.31. The van der Waals surface area contributed by atoms with Crippen molar-refractivity contribution in [2.24, 2.45) is 0 Å². The molecule has 0 saturated heterocycles. The van der Waals surface area contributed by atoms with Crippen molar-refractivity contribution in [3.8, 4) is 5.75 Å². The average Bonchev–Trinajstić information content (AvgIpc) is 2.89. The number of rotatable bonds is 5. The summed E-state index contributed by atoms with van der Waals surface area (Å²) in [5.74, 6) is 0.895. The van der Waals surface area contributed by atoms with Crippen LogP contribution in [0.15, 0.2) is 41.8 Å². The standard InChI is InChI=1S/C14H15ClOS/c1-2-8-16-12-6-3-5-11(10-12)14(15)13-7-4-9-17-13/h3-7,9-10,14H,2,8H2,1H3. The number of ether oxygens (including phenoxy) is 1. The average molecular weight is 267 g/mol. The molecule has 1 aromatic carbocycles. The lowest BCUT2D eigenvalue weighted by molar-refractivity contribution is 0.317. The largest absolute Gasteiger partial charge is 0.494 e. The van der Waals surface area contributed by atoms with Gasteiger partial charge in [-0.25, -0.2) is 0 Å².